The van der Waals surface area contributed by atoms with Crippen LogP contribution in [0.1, 0.15) is 17.5 Å². The van der Waals surface area contributed by atoms with Gasteiger partial charge in [-0.25, -0.2) is 0 Å². The second kappa shape index (κ2) is 7.27. The average Bonchev–Trinajstić information content (AvgIpc) is 2.84. The normalized spacial score (nSPS) is 11.0. The lowest BCUT2D eigenvalue weighted by Gasteiger charge is -2.10. The zero-order valence-corrected chi connectivity index (χ0v) is 15.7. The van der Waals surface area contributed by atoms with Gasteiger partial charge in [0, 0.05) is 16.4 Å². The number of nitroso groups, excluding NO2 is 1. The predicted molar refractivity (Wildman–Crippen MR) is 103 cm³/mol. The Morgan fingerprint density at radius 1 is 1.20 bits per heavy atom. The Morgan fingerprint density at radius 3 is 2.60 bits per heavy atom. The number of fused-ring (bicyclic) bond motifs is 1. The molecule has 3 aromatic rings. The summed E-state index contributed by atoms with van der Waals surface area (Å²) in [5.41, 5.74) is 3.06. The average molecular weight is 403 g/mol. The second-order valence-electron chi connectivity index (χ2n) is 6.05. The molecule has 0 radical (unpaired) electrons. The van der Waals surface area contributed by atoms with Gasteiger partial charge in [-0.15, -0.1) is 4.91 Å². The predicted octanol–water partition coefficient (Wildman–Crippen LogP) is 5.59. The quantitative estimate of drug-likeness (QED) is 0.431. The molecule has 3 rings (SSSR count). The molecule has 130 valence electrons. The fourth-order valence-corrected chi connectivity index (χ4v) is 3.56. The molecule has 0 unspecified atom stereocenters. The number of nitrogens with zero attached hydrogens (tertiary/aromatic N) is 2. The summed E-state index contributed by atoms with van der Waals surface area (Å²) in [6.45, 7) is 5.03. The van der Waals surface area contributed by atoms with Gasteiger partial charge in [0.05, 0.1) is 12.1 Å². The van der Waals surface area contributed by atoms with Crippen molar-refractivity contribution in [1.29, 1.82) is 0 Å². The van der Waals surface area contributed by atoms with Crippen LogP contribution in [0, 0.1) is 18.8 Å². The molecule has 0 amide bonds. The largest absolute Gasteiger partial charge is 0.494 e. The van der Waals surface area contributed by atoms with Crippen LogP contribution in [0.3, 0.4) is 0 Å². The summed E-state index contributed by atoms with van der Waals surface area (Å²) in [7, 11) is 0. The van der Waals surface area contributed by atoms with Crippen LogP contribution in [-0.4, -0.2) is 16.3 Å². The van der Waals surface area contributed by atoms with Gasteiger partial charge in [-0.3, -0.25) is 0 Å². The van der Waals surface area contributed by atoms with Crippen molar-refractivity contribution in [3.8, 4) is 11.6 Å². The summed E-state index contributed by atoms with van der Waals surface area (Å²) in [4.78, 5) is 11.2. The first-order valence-electron chi connectivity index (χ1n) is 8.05. The third kappa shape index (κ3) is 3.54. The van der Waals surface area contributed by atoms with Crippen molar-refractivity contribution in [1.82, 2.24) is 4.57 Å². The van der Waals surface area contributed by atoms with E-state index in [0.717, 1.165) is 21.3 Å². The highest BCUT2D eigenvalue weighted by Crippen LogP contribution is 2.41. The van der Waals surface area contributed by atoms with Crippen LogP contribution in [0.4, 0.5) is 5.69 Å². The lowest BCUT2D eigenvalue weighted by Crippen LogP contribution is -2.04. The summed E-state index contributed by atoms with van der Waals surface area (Å²) >= 11 is 3.42. The molecule has 0 atom stereocenters. The van der Waals surface area contributed by atoms with Crippen molar-refractivity contribution >= 4 is 32.5 Å². The Bertz CT molecular complexity index is 917. The topological polar surface area (TPSA) is 63.8 Å². The zero-order valence-electron chi connectivity index (χ0n) is 14.1. The number of aryl methyl sites for hydroxylation is 3. The summed E-state index contributed by atoms with van der Waals surface area (Å²) in [5.74, 6) is 0.726. The van der Waals surface area contributed by atoms with E-state index in [1.54, 1.807) is 10.6 Å². The Hall–Kier alpha value is -2.34. The van der Waals surface area contributed by atoms with E-state index < -0.39 is 0 Å². The third-order valence-corrected chi connectivity index (χ3v) is 4.62. The fourth-order valence-electron chi connectivity index (χ4n) is 2.98. The van der Waals surface area contributed by atoms with Gasteiger partial charge in [-0.2, -0.15) is 0 Å². The van der Waals surface area contributed by atoms with Crippen LogP contribution in [-0.2, 0) is 6.54 Å². The van der Waals surface area contributed by atoms with Crippen LogP contribution < -0.4 is 4.74 Å². The van der Waals surface area contributed by atoms with Crippen LogP contribution in [0.15, 0.2) is 46.0 Å². The molecule has 0 saturated carbocycles. The molecule has 2 aromatic carbocycles. The van der Waals surface area contributed by atoms with Crippen LogP contribution in [0.25, 0.3) is 10.9 Å². The smallest absolute Gasteiger partial charge is 0.222 e. The van der Waals surface area contributed by atoms with Gasteiger partial charge in [0.1, 0.15) is 5.75 Å². The summed E-state index contributed by atoms with van der Waals surface area (Å²) in [5, 5.41) is 14.1. The van der Waals surface area contributed by atoms with E-state index in [1.807, 2.05) is 44.2 Å². The van der Waals surface area contributed by atoms with Crippen molar-refractivity contribution < 1.29 is 9.84 Å². The number of hydrogen-bond acceptors (Lipinski definition) is 4. The van der Waals surface area contributed by atoms with E-state index in [9.17, 15) is 10.0 Å². The van der Waals surface area contributed by atoms with Crippen LogP contribution in [0.5, 0.6) is 11.6 Å². The first-order valence-corrected chi connectivity index (χ1v) is 8.84. The minimum atomic E-state index is -0.0958. The molecule has 0 fully saturated rings. The number of halogens is 1. The first-order chi connectivity index (χ1) is 12.0. The number of hydrogen-bond donors (Lipinski definition) is 1. The summed E-state index contributed by atoms with van der Waals surface area (Å²) in [6, 6.07) is 11.6. The molecule has 0 saturated heterocycles. The minimum Gasteiger partial charge on any atom is -0.494 e. The van der Waals surface area contributed by atoms with Crippen molar-refractivity contribution in [2.24, 2.45) is 5.18 Å². The SMILES string of the molecule is Cc1ccc(OCCCn2c(O)c(N=O)c3cc(Br)cc(C)c32)cc1. The Kier molecular flexibility index (Phi) is 5.08. The van der Waals surface area contributed by atoms with E-state index >= 15 is 0 Å². The van der Waals surface area contributed by atoms with Crippen molar-refractivity contribution in [2.45, 2.75) is 26.8 Å². The fraction of sp³-hybridized carbons (Fsp3) is 0.263. The highest BCUT2D eigenvalue weighted by atomic mass is 79.9. The monoisotopic (exact) mass is 402 g/mol. The molecule has 0 bridgehead atoms. The molecule has 0 spiro atoms. The summed E-state index contributed by atoms with van der Waals surface area (Å²) < 4.78 is 8.31. The molecule has 0 aliphatic rings. The molecule has 0 aliphatic carbocycles. The molecule has 6 heteroatoms. The molecule has 1 heterocycles. The van der Waals surface area contributed by atoms with Gasteiger partial charge >= 0.3 is 0 Å². The van der Waals surface area contributed by atoms with Crippen molar-refractivity contribution in [3.05, 3.63) is 56.9 Å². The molecule has 5 nitrogen and oxygen atoms in total. The van der Waals surface area contributed by atoms with Crippen molar-refractivity contribution in [2.75, 3.05) is 6.61 Å². The first kappa shape index (κ1) is 17.5. The number of benzene rings is 2. The lowest BCUT2D eigenvalue weighted by molar-refractivity contribution is 0.298. The van der Waals surface area contributed by atoms with E-state index in [2.05, 4.69) is 21.1 Å². The standard InChI is InChI=1S/C19H19BrN2O3/c1-12-4-6-15(7-5-12)25-9-3-8-22-18-13(2)10-14(20)11-16(18)17(21-24)19(22)23/h4-7,10-11,23H,3,8-9H2,1-2H3. The molecule has 1 aromatic heterocycles. The number of aromatic hydroxyl groups is 1. The molecular formula is C19H19BrN2O3. The van der Waals surface area contributed by atoms with E-state index in [1.165, 1.54) is 5.56 Å². The maximum Gasteiger partial charge on any atom is 0.222 e. The molecular weight excluding hydrogens is 384 g/mol. The van der Waals surface area contributed by atoms with Gasteiger partial charge in [0.2, 0.25) is 5.88 Å². The van der Waals surface area contributed by atoms with Crippen molar-refractivity contribution in [3.63, 3.8) is 0 Å². The van der Waals surface area contributed by atoms with Gasteiger partial charge in [0.25, 0.3) is 0 Å². The maximum absolute atomic E-state index is 11.2. The number of rotatable bonds is 6. The molecule has 0 aliphatic heterocycles. The third-order valence-electron chi connectivity index (χ3n) is 4.16. The maximum atomic E-state index is 11.2. The van der Waals surface area contributed by atoms with Gasteiger partial charge < -0.3 is 14.4 Å². The van der Waals surface area contributed by atoms with E-state index in [4.69, 9.17) is 4.74 Å². The zero-order chi connectivity index (χ0) is 18.0. The van der Waals surface area contributed by atoms with Crippen LogP contribution >= 0.6 is 15.9 Å². The summed E-state index contributed by atoms with van der Waals surface area (Å²) in [6.07, 6.45) is 0.693. The minimum absolute atomic E-state index is 0.0823. The molecule has 1 N–H and O–H groups in total. The van der Waals surface area contributed by atoms with E-state index in [0.29, 0.717) is 25.0 Å². The van der Waals surface area contributed by atoms with Gasteiger partial charge in [-0.1, -0.05) is 33.6 Å². The second-order valence-corrected chi connectivity index (χ2v) is 6.96. The highest BCUT2D eigenvalue weighted by molar-refractivity contribution is 9.10. The Balaban J connectivity index is 1.78. The Morgan fingerprint density at radius 2 is 1.92 bits per heavy atom. The number of ether oxygens (including phenoxy) is 1. The molecule has 25 heavy (non-hydrogen) atoms. The van der Waals surface area contributed by atoms with Gasteiger partial charge in [-0.05, 0) is 55.3 Å². The lowest BCUT2D eigenvalue weighted by atomic mass is 10.1. The van der Waals surface area contributed by atoms with Crippen LogP contribution in [0.2, 0.25) is 0 Å². The Labute approximate surface area is 154 Å². The van der Waals surface area contributed by atoms with E-state index in [-0.39, 0.29) is 11.6 Å². The number of aromatic nitrogens is 1. The highest BCUT2D eigenvalue weighted by Gasteiger charge is 2.19. The van der Waals surface area contributed by atoms with Gasteiger partial charge in [0.15, 0.2) is 5.69 Å².